The highest BCUT2D eigenvalue weighted by molar-refractivity contribution is 6.35. The first kappa shape index (κ1) is 13.9. The zero-order valence-corrected chi connectivity index (χ0v) is 10.8. The van der Waals surface area contributed by atoms with Crippen molar-refractivity contribution in [3.63, 3.8) is 0 Å². The van der Waals surface area contributed by atoms with E-state index in [-0.39, 0.29) is 11.3 Å². The molecule has 2 aromatic rings. The zero-order chi connectivity index (χ0) is 14.0. The number of hydrogen-bond donors (Lipinski definition) is 0. The summed E-state index contributed by atoms with van der Waals surface area (Å²) < 4.78 is 41.0. The minimum absolute atomic E-state index is 0.135. The Hall–Kier alpha value is -1.49. The molecule has 0 saturated heterocycles. The summed E-state index contributed by atoms with van der Waals surface area (Å²) in [7, 11) is 0. The largest absolute Gasteiger partial charge is 0.573 e. The number of rotatable bonds is 3. The van der Waals surface area contributed by atoms with Crippen molar-refractivity contribution in [1.82, 2.24) is 4.98 Å². The van der Waals surface area contributed by atoms with Crippen LogP contribution < -0.4 is 4.74 Å². The lowest BCUT2D eigenvalue weighted by Crippen LogP contribution is -2.17. The van der Waals surface area contributed by atoms with Crippen molar-refractivity contribution in [3.8, 4) is 5.75 Å². The number of nitrogens with zero attached hydrogens (tertiary/aromatic N) is 1. The summed E-state index contributed by atoms with van der Waals surface area (Å²) in [5.74, 6) is -0.329. The van der Waals surface area contributed by atoms with Gasteiger partial charge in [0.25, 0.3) is 0 Å². The number of aromatic nitrogens is 1. The Morgan fingerprint density at radius 1 is 1.32 bits per heavy atom. The molecular formula is C13H11ClF3NO. The van der Waals surface area contributed by atoms with Crippen molar-refractivity contribution >= 4 is 22.5 Å². The van der Waals surface area contributed by atoms with E-state index >= 15 is 0 Å². The molecule has 19 heavy (non-hydrogen) atoms. The third-order valence-corrected chi connectivity index (χ3v) is 2.85. The first-order valence-corrected chi connectivity index (χ1v) is 6.12. The van der Waals surface area contributed by atoms with Crippen LogP contribution in [0.25, 0.3) is 10.9 Å². The topological polar surface area (TPSA) is 22.1 Å². The SMILES string of the molecule is CCCc1cc(Cl)c2cccc(OC(F)(F)F)c2n1. The lowest BCUT2D eigenvalue weighted by molar-refractivity contribution is -0.274. The maximum Gasteiger partial charge on any atom is 0.573 e. The van der Waals surface area contributed by atoms with E-state index in [1.165, 1.54) is 12.1 Å². The van der Waals surface area contributed by atoms with E-state index in [1.54, 1.807) is 12.1 Å². The number of pyridine rings is 1. The van der Waals surface area contributed by atoms with Crippen LogP contribution in [-0.4, -0.2) is 11.3 Å². The van der Waals surface area contributed by atoms with Crippen molar-refractivity contribution < 1.29 is 17.9 Å². The summed E-state index contributed by atoms with van der Waals surface area (Å²) in [4.78, 5) is 4.20. The van der Waals surface area contributed by atoms with Gasteiger partial charge in [-0.05, 0) is 18.6 Å². The molecule has 1 aromatic heterocycles. The highest BCUT2D eigenvalue weighted by Crippen LogP contribution is 2.33. The Labute approximate surface area is 113 Å². The molecule has 0 unspecified atom stereocenters. The van der Waals surface area contributed by atoms with E-state index in [4.69, 9.17) is 11.6 Å². The molecule has 0 atom stereocenters. The molecule has 0 N–H and O–H groups in total. The van der Waals surface area contributed by atoms with Crippen LogP contribution in [0, 0.1) is 0 Å². The molecule has 0 radical (unpaired) electrons. The van der Waals surface area contributed by atoms with Crippen molar-refractivity contribution in [3.05, 3.63) is 35.0 Å². The van der Waals surface area contributed by atoms with Gasteiger partial charge in [0.05, 0.1) is 5.02 Å². The Morgan fingerprint density at radius 3 is 2.68 bits per heavy atom. The summed E-state index contributed by atoms with van der Waals surface area (Å²) in [6, 6.07) is 5.97. The number of ether oxygens (including phenoxy) is 1. The molecule has 0 amide bonds. The maximum atomic E-state index is 12.3. The first-order valence-electron chi connectivity index (χ1n) is 5.74. The molecule has 2 rings (SSSR count). The molecule has 102 valence electrons. The summed E-state index contributed by atoms with van der Waals surface area (Å²) in [5.41, 5.74) is 0.786. The van der Waals surface area contributed by atoms with Gasteiger partial charge in [-0.3, -0.25) is 0 Å². The molecule has 0 fully saturated rings. The number of halogens is 4. The number of benzene rings is 1. The summed E-state index contributed by atoms with van der Waals surface area (Å²) in [5, 5.41) is 0.823. The molecule has 0 aliphatic carbocycles. The van der Waals surface area contributed by atoms with Gasteiger partial charge in [0.1, 0.15) is 5.52 Å². The summed E-state index contributed by atoms with van der Waals surface area (Å²) in [6.45, 7) is 1.96. The van der Waals surface area contributed by atoms with Gasteiger partial charge < -0.3 is 4.74 Å². The highest BCUT2D eigenvalue weighted by atomic mass is 35.5. The third kappa shape index (κ3) is 3.29. The highest BCUT2D eigenvalue weighted by Gasteiger charge is 2.32. The molecule has 0 aliphatic rings. The standard InChI is InChI=1S/C13H11ClF3NO/c1-2-4-8-7-10(14)9-5-3-6-11(12(9)18-8)19-13(15,16)17/h3,5-7H,2,4H2,1H3. The van der Waals surface area contributed by atoms with Crippen LogP contribution in [0.3, 0.4) is 0 Å². The fraction of sp³-hybridized carbons (Fsp3) is 0.308. The molecule has 0 aliphatic heterocycles. The molecular weight excluding hydrogens is 279 g/mol. The fourth-order valence-corrected chi connectivity index (χ4v) is 2.10. The third-order valence-electron chi connectivity index (χ3n) is 2.54. The van der Waals surface area contributed by atoms with Crippen molar-refractivity contribution in [1.29, 1.82) is 0 Å². The molecule has 1 heterocycles. The van der Waals surface area contributed by atoms with E-state index in [2.05, 4.69) is 9.72 Å². The average molecular weight is 290 g/mol. The molecule has 0 spiro atoms. The smallest absolute Gasteiger partial charge is 0.403 e. The predicted molar refractivity (Wildman–Crippen MR) is 67.4 cm³/mol. The summed E-state index contributed by atoms with van der Waals surface area (Å²) >= 11 is 6.06. The molecule has 0 bridgehead atoms. The van der Waals surface area contributed by atoms with Gasteiger partial charge in [-0.1, -0.05) is 37.1 Å². The minimum Gasteiger partial charge on any atom is -0.403 e. The van der Waals surface area contributed by atoms with Crippen LogP contribution in [0.5, 0.6) is 5.75 Å². The number of para-hydroxylation sites is 1. The second-order valence-electron chi connectivity index (χ2n) is 4.05. The van der Waals surface area contributed by atoms with Crippen molar-refractivity contribution in [2.45, 2.75) is 26.1 Å². The lowest BCUT2D eigenvalue weighted by Gasteiger charge is -2.12. The number of alkyl halides is 3. The number of hydrogen-bond acceptors (Lipinski definition) is 2. The van der Waals surface area contributed by atoms with E-state index in [1.807, 2.05) is 6.92 Å². The van der Waals surface area contributed by atoms with E-state index in [9.17, 15) is 13.2 Å². The Morgan fingerprint density at radius 2 is 2.05 bits per heavy atom. The molecule has 6 heteroatoms. The van der Waals surface area contributed by atoms with Gasteiger partial charge in [-0.15, -0.1) is 13.2 Å². The van der Waals surface area contributed by atoms with E-state index < -0.39 is 6.36 Å². The second-order valence-corrected chi connectivity index (χ2v) is 4.45. The fourth-order valence-electron chi connectivity index (χ4n) is 1.82. The van der Waals surface area contributed by atoms with Crippen LogP contribution in [0.15, 0.2) is 24.3 Å². The first-order chi connectivity index (χ1) is 8.90. The normalized spacial score (nSPS) is 11.8. The Balaban J connectivity index is 2.58. The van der Waals surface area contributed by atoms with Crippen LogP contribution in [0.4, 0.5) is 13.2 Å². The minimum atomic E-state index is -4.75. The average Bonchev–Trinajstić information content (AvgIpc) is 2.29. The lowest BCUT2D eigenvalue weighted by atomic mass is 10.1. The van der Waals surface area contributed by atoms with Crippen LogP contribution in [0.1, 0.15) is 19.0 Å². The maximum absolute atomic E-state index is 12.3. The molecule has 1 aromatic carbocycles. The Bertz CT molecular complexity index is 598. The van der Waals surface area contributed by atoms with Crippen molar-refractivity contribution in [2.75, 3.05) is 0 Å². The van der Waals surface area contributed by atoms with Crippen LogP contribution in [0.2, 0.25) is 5.02 Å². The summed E-state index contributed by atoms with van der Waals surface area (Å²) in [6.07, 6.45) is -3.27. The van der Waals surface area contributed by atoms with Gasteiger partial charge in [0, 0.05) is 11.1 Å². The second kappa shape index (κ2) is 5.25. The van der Waals surface area contributed by atoms with Gasteiger partial charge in [0.2, 0.25) is 0 Å². The predicted octanol–water partition coefficient (Wildman–Crippen LogP) is 4.74. The van der Waals surface area contributed by atoms with Crippen molar-refractivity contribution in [2.24, 2.45) is 0 Å². The molecule has 2 nitrogen and oxygen atoms in total. The molecule has 0 saturated carbocycles. The van der Waals surface area contributed by atoms with E-state index in [0.717, 1.165) is 6.42 Å². The number of fused-ring (bicyclic) bond motifs is 1. The zero-order valence-electron chi connectivity index (χ0n) is 10.1. The van der Waals surface area contributed by atoms with Crippen LogP contribution in [-0.2, 0) is 6.42 Å². The monoisotopic (exact) mass is 289 g/mol. The van der Waals surface area contributed by atoms with Gasteiger partial charge in [-0.2, -0.15) is 0 Å². The number of aryl methyl sites for hydroxylation is 1. The Kier molecular flexibility index (Phi) is 3.85. The van der Waals surface area contributed by atoms with Gasteiger partial charge >= 0.3 is 6.36 Å². The van der Waals surface area contributed by atoms with Gasteiger partial charge in [0.15, 0.2) is 5.75 Å². The van der Waals surface area contributed by atoms with E-state index in [0.29, 0.717) is 22.5 Å². The van der Waals surface area contributed by atoms with Gasteiger partial charge in [-0.25, -0.2) is 4.98 Å². The quantitative estimate of drug-likeness (QED) is 0.814. The van der Waals surface area contributed by atoms with Crippen LogP contribution >= 0.6 is 11.6 Å².